The van der Waals surface area contributed by atoms with E-state index in [1.165, 1.54) is 0 Å². The van der Waals surface area contributed by atoms with E-state index in [-0.39, 0.29) is 6.54 Å². The molecule has 0 saturated heterocycles. The summed E-state index contributed by atoms with van der Waals surface area (Å²) in [6.07, 6.45) is 1.09. The van der Waals surface area contributed by atoms with Gasteiger partial charge in [0.2, 0.25) is 15.9 Å². The first-order valence-electron chi connectivity index (χ1n) is 7.69. The molecule has 0 aliphatic carbocycles. The van der Waals surface area contributed by atoms with Crippen molar-refractivity contribution in [2.24, 2.45) is 0 Å². The highest BCUT2D eigenvalue weighted by atomic mass is 35.5. The van der Waals surface area contributed by atoms with Crippen molar-refractivity contribution < 1.29 is 13.2 Å². The molecule has 0 heterocycles. The van der Waals surface area contributed by atoms with Gasteiger partial charge in [0.15, 0.2) is 0 Å². The van der Waals surface area contributed by atoms with Crippen molar-refractivity contribution in [3.05, 3.63) is 58.1 Å². The number of nitrogens with zero attached hydrogens (tertiary/aromatic N) is 1. The summed E-state index contributed by atoms with van der Waals surface area (Å²) in [6.45, 7) is 5.29. The number of amides is 1. The first-order valence-corrected chi connectivity index (χ1v) is 9.91. The second kappa shape index (κ2) is 7.45. The van der Waals surface area contributed by atoms with Gasteiger partial charge in [-0.15, -0.1) is 0 Å². The Hall–Kier alpha value is -2.05. The quantitative estimate of drug-likeness (QED) is 0.860. The molecule has 0 fully saturated rings. The molecule has 0 aliphatic rings. The lowest BCUT2D eigenvalue weighted by Gasteiger charge is -2.24. The molecule has 134 valence electrons. The van der Waals surface area contributed by atoms with E-state index in [9.17, 15) is 13.2 Å². The minimum atomic E-state index is -3.61. The van der Waals surface area contributed by atoms with Crippen molar-refractivity contribution in [1.29, 1.82) is 0 Å². The lowest BCUT2D eigenvalue weighted by atomic mass is 10.1. The Balaban J connectivity index is 2.25. The maximum Gasteiger partial charge on any atom is 0.245 e. The Labute approximate surface area is 153 Å². The first-order chi connectivity index (χ1) is 11.6. The molecule has 2 rings (SSSR count). The van der Waals surface area contributed by atoms with Crippen LogP contribution in [0.2, 0.25) is 5.02 Å². The predicted molar refractivity (Wildman–Crippen MR) is 103 cm³/mol. The van der Waals surface area contributed by atoms with Gasteiger partial charge in [-0.2, -0.15) is 0 Å². The van der Waals surface area contributed by atoms with Crippen LogP contribution in [0.25, 0.3) is 0 Å². The number of halogens is 1. The van der Waals surface area contributed by atoms with Gasteiger partial charge in [0.1, 0.15) is 6.54 Å². The van der Waals surface area contributed by atoms with E-state index in [4.69, 9.17) is 11.6 Å². The van der Waals surface area contributed by atoms with Gasteiger partial charge in [-0.25, -0.2) is 8.42 Å². The lowest BCUT2D eigenvalue weighted by Crippen LogP contribution is -2.37. The Kier molecular flexibility index (Phi) is 5.75. The minimum Gasteiger partial charge on any atom is -0.324 e. The van der Waals surface area contributed by atoms with Crippen molar-refractivity contribution in [2.75, 3.05) is 22.4 Å². The summed E-state index contributed by atoms with van der Waals surface area (Å²) >= 11 is 6.05. The zero-order valence-electron chi connectivity index (χ0n) is 14.6. The van der Waals surface area contributed by atoms with Gasteiger partial charge in [-0.05, 0) is 50.1 Å². The van der Waals surface area contributed by atoms with Gasteiger partial charge < -0.3 is 5.32 Å². The molecular formula is C18H21ClN2O3S. The molecule has 0 spiro atoms. The number of sulfonamides is 1. The zero-order chi connectivity index (χ0) is 18.8. The number of carbonyl (C=O) groups excluding carboxylic acids is 1. The first kappa shape index (κ1) is 19.3. The molecule has 2 aromatic carbocycles. The van der Waals surface area contributed by atoms with Crippen molar-refractivity contribution in [3.63, 3.8) is 0 Å². The van der Waals surface area contributed by atoms with Crippen LogP contribution in [0.1, 0.15) is 16.7 Å². The lowest BCUT2D eigenvalue weighted by molar-refractivity contribution is -0.114. The largest absolute Gasteiger partial charge is 0.324 e. The summed E-state index contributed by atoms with van der Waals surface area (Å²) in [7, 11) is -3.61. The fourth-order valence-corrected chi connectivity index (χ4v) is 3.56. The Morgan fingerprint density at radius 3 is 2.32 bits per heavy atom. The number of aryl methyl sites for hydroxylation is 3. The normalized spacial score (nSPS) is 11.2. The molecule has 7 heteroatoms. The summed E-state index contributed by atoms with van der Waals surface area (Å²) in [5.41, 5.74) is 3.72. The van der Waals surface area contributed by atoms with E-state index in [1.54, 1.807) is 24.3 Å². The van der Waals surface area contributed by atoms with Crippen LogP contribution in [0.4, 0.5) is 11.4 Å². The van der Waals surface area contributed by atoms with E-state index >= 15 is 0 Å². The highest BCUT2D eigenvalue weighted by molar-refractivity contribution is 7.92. The topological polar surface area (TPSA) is 66.5 Å². The molecule has 0 atom stereocenters. The number of rotatable bonds is 5. The molecule has 0 saturated carbocycles. The summed E-state index contributed by atoms with van der Waals surface area (Å²) in [4.78, 5) is 12.4. The maximum absolute atomic E-state index is 12.4. The third kappa shape index (κ3) is 4.96. The third-order valence-corrected chi connectivity index (χ3v) is 5.30. The molecule has 25 heavy (non-hydrogen) atoms. The fourth-order valence-electron chi connectivity index (χ4n) is 2.47. The zero-order valence-corrected chi connectivity index (χ0v) is 16.2. The van der Waals surface area contributed by atoms with E-state index in [1.807, 2.05) is 32.9 Å². The summed E-state index contributed by atoms with van der Waals surface area (Å²) in [5, 5.41) is 3.22. The molecule has 0 radical (unpaired) electrons. The van der Waals surface area contributed by atoms with Crippen LogP contribution in [-0.2, 0) is 14.8 Å². The standard InChI is InChI=1S/C18H21ClN2O3S/c1-12-5-8-17(14(3)9-12)21(25(4,23)24)11-18(22)20-15-7-6-13(2)16(19)10-15/h5-10H,11H2,1-4H3,(H,20,22). The summed E-state index contributed by atoms with van der Waals surface area (Å²) in [6, 6.07) is 10.6. The highest BCUT2D eigenvalue weighted by Crippen LogP contribution is 2.24. The molecule has 2 aromatic rings. The van der Waals surface area contributed by atoms with E-state index in [2.05, 4.69) is 5.32 Å². The van der Waals surface area contributed by atoms with E-state index in [0.29, 0.717) is 16.4 Å². The Morgan fingerprint density at radius 1 is 1.08 bits per heavy atom. The van der Waals surface area contributed by atoms with Crippen LogP contribution in [0.15, 0.2) is 36.4 Å². The average molecular weight is 381 g/mol. The van der Waals surface area contributed by atoms with Crippen molar-refractivity contribution in [1.82, 2.24) is 0 Å². The molecule has 0 aromatic heterocycles. The fraction of sp³-hybridized carbons (Fsp3) is 0.278. The van der Waals surface area contributed by atoms with Gasteiger partial charge >= 0.3 is 0 Å². The van der Waals surface area contributed by atoms with Crippen LogP contribution < -0.4 is 9.62 Å². The number of hydrogen-bond acceptors (Lipinski definition) is 3. The van der Waals surface area contributed by atoms with Crippen LogP contribution in [0, 0.1) is 20.8 Å². The summed E-state index contributed by atoms with van der Waals surface area (Å²) in [5.74, 6) is -0.440. The predicted octanol–water partition coefficient (Wildman–Crippen LogP) is 3.67. The van der Waals surface area contributed by atoms with Gasteiger partial charge in [-0.1, -0.05) is 35.4 Å². The summed E-state index contributed by atoms with van der Waals surface area (Å²) < 4.78 is 25.5. The molecule has 0 aliphatic heterocycles. The molecule has 1 N–H and O–H groups in total. The minimum absolute atomic E-state index is 0.311. The van der Waals surface area contributed by atoms with E-state index in [0.717, 1.165) is 27.3 Å². The number of nitrogens with one attached hydrogen (secondary N) is 1. The molecule has 0 unspecified atom stereocenters. The van der Waals surface area contributed by atoms with Crippen LogP contribution >= 0.6 is 11.6 Å². The highest BCUT2D eigenvalue weighted by Gasteiger charge is 2.22. The van der Waals surface area contributed by atoms with Gasteiger partial charge in [0.25, 0.3) is 0 Å². The van der Waals surface area contributed by atoms with Crippen LogP contribution in [0.5, 0.6) is 0 Å². The second-order valence-corrected chi connectivity index (χ2v) is 8.39. The number of carbonyl (C=O) groups is 1. The van der Waals surface area contributed by atoms with Crippen molar-refractivity contribution in [2.45, 2.75) is 20.8 Å². The number of benzene rings is 2. The van der Waals surface area contributed by atoms with Gasteiger partial charge in [0, 0.05) is 10.7 Å². The van der Waals surface area contributed by atoms with E-state index < -0.39 is 15.9 Å². The smallest absolute Gasteiger partial charge is 0.245 e. The maximum atomic E-state index is 12.4. The number of hydrogen-bond donors (Lipinski definition) is 1. The second-order valence-electron chi connectivity index (χ2n) is 6.07. The Morgan fingerprint density at radius 2 is 1.76 bits per heavy atom. The molecule has 5 nitrogen and oxygen atoms in total. The van der Waals surface area contributed by atoms with Crippen molar-refractivity contribution in [3.8, 4) is 0 Å². The van der Waals surface area contributed by atoms with Gasteiger partial charge in [0.05, 0.1) is 11.9 Å². The SMILES string of the molecule is Cc1ccc(N(CC(=O)Nc2ccc(C)c(Cl)c2)S(C)(=O)=O)c(C)c1. The molecule has 0 bridgehead atoms. The van der Waals surface area contributed by atoms with Crippen molar-refractivity contribution >= 4 is 38.9 Å². The molecular weight excluding hydrogens is 360 g/mol. The van der Waals surface area contributed by atoms with Gasteiger partial charge in [-0.3, -0.25) is 9.10 Å². The average Bonchev–Trinajstić information content (AvgIpc) is 2.48. The number of anilines is 2. The van der Waals surface area contributed by atoms with Crippen LogP contribution in [0.3, 0.4) is 0 Å². The monoisotopic (exact) mass is 380 g/mol. The molecule has 1 amide bonds. The Bertz CT molecular complexity index is 911. The third-order valence-electron chi connectivity index (χ3n) is 3.76. The van der Waals surface area contributed by atoms with Crippen LogP contribution in [-0.4, -0.2) is 27.1 Å².